The van der Waals surface area contributed by atoms with Gasteiger partial charge >= 0.3 is 0 Å². The normalized spacial score (nSPS) is 42.2. The molecule has 2 N–H and O–H groups in total. The largest absolute Gasteiger partial charge is 0.326 e. The van der Waals surface area contributed by atoms with Crippen LogP contribution in [-0.4, -0.2) is 30.1 Å². The zero-order valence-corrected chi connectivity index (χ0v) is 11.0. The van der Waals surface area contributed by atoms with Gasteiger partial charge in [0, 0.05) is 18.6 Å². The third kappa shape index (κ3) is 2.78. The van der Waals surface area contributed by atoms with E-state index < -0.39 is 0 Å². The number of piperidine rings is 1. The Balaban J connectivity index is 1.81. The van der Waals surface area contributed by atoms with E-state index in [1.54, 1.807) is 0 Å². The van der Waals surface area contributed by atoms with Gasteiger partial charge in [0.05, 0.1) is 0 Å². The summed E-state index contributed by atoms with van der Waals surface area (Å²) in [5.41, 5.74) is 6.19. The Labute approximate surface area is 101 Å². The van der Waals surface area contributed by atoms with Gasteiger partial charge in [-0.2, -0.15) is 0 Å². The highest BCUT2D eigenvalue weighted by molar-refractivity contribution is 4.86. The Hall–Kier alpha value is -0.0800. The highest BCUT2D eigenvalue weighted by atomic mass is 15.2. The molecule has 0 aromatic carbocycles. The first-order chi connectivity index (χ1) is 7.70. The van der Waals surface area contributed by atoms with E-state index in [-0.39, 0.29) is 0 Å². The van der Waals surface area contributed by atoms with Crippen LogP contribution < -0.4 is 5.73 Å². The number of likely N-dealkylation sites (tertiary alicyclic amines) is 1. The molecule has 2 heteroatoms. The van der Waals surface area contributed by atoms with Crippen molar-refractivity contribution in [3.63, 3.8) is 0 Å². The van der Waals surface area contributed by atoms with Gasteiger partial charge in [-0.1, -0.05) is 20.3 Å². The minimum atomic E-state index is 0.414. The molecule has 0 aromatic rings. The molecule has 1 saturated heterocycles. The van der Waals surface area contributed by atoms with Crippen LogP contribution in [0.2, 0.25) is 0 Å². The van der Waals surface area contributed by atoms with Gasteiger partial charge < -0.3 is 5.73 Å². The summed E-state index contributed by atoms with van der Waals surface area (Å²) in [6.07, 6.45) is 8.41. The van der Waals surface area contributed by atoms with Gasteiger partial charge in [0.15, 0.2) is 0 Å². The first-order valence-electron chi connectivity index (χ1n) is 7.20. The maximum Gasteiger partial charge on any atom is 0.0194 e. The van der Waals surface area contributed by atoms with E-state index in [9.17, 15) is 0 Å². The summed E-state index contributed by atoms with van der Waals surface area (Å²) < 4.78 is 0. The summed E-state index contributed by atoms with van der Waals surface area (Å²) in [7, 11) is 0. The average molecular weight is 224 g/mol. The fourth-order valence-electron chi connectivity index (χ4n) is 3.38. The molecule has 2 atom stereocenters. The van der Waals surface area contributed by atoms with Crippen molar-refractivity contribution in [3.05, 3.63) is 0 Å². The van der Waals surface area contributed by atoms with Crippen molar-refractivity contribution in [1.82, 2.24) is 4.90 Å². The fraction of sp³-hybridized carbons (Fsp3) is 1.00. The summed E-state index contributed by atoms with van der Waals surface area (Å²) in [5.74, 6) is 1.73. The lowest BCUT2D eigenvalue weighted by molar-refractivity contribution is 0.0854. The molecule has 0 radical (unpaired) electrons. The summed E-state index contributed by atoms with van der Waals surface area (Å²) in [6, 6.07) is 1.26. The minimum Gasteiger partial charge on any atom is -0.326 e. The second kappa shape index (κ2) is 5.50. The van der Waals surface area contributed by atoms with Crippen molar-refractivity contribution in [2.24, 2.45) is 17.6 Å². The lowest BCUT2D eigenvalue weighted by Gasteiger charge is -2.42. The van der Waals surface area contributed by atoms with Gasteiger partial charge in [0.2, 0.25) is 0 Å². The molecular formula is C14H28N2. The van der Waals surface area contributed by atoms with Gasteiger partial charge in [-0.05, 0) is 50.5 Å². The van der Waals surface area contributed by atoms with E-state index in [0.29, 0.717) is 6.04 Å². The molecule has 1 saturated carbocycles. The summed E-state index contributed by atoms with van der Waals surface area (Å²) in [4.78, 5) is 2.68. The maximum absolute atomic E-state index is 6.19. The predicted molar refractivity (Wildman–Crippen MR) is 69.4 cm³/mol. The van der Waals surface area contributed by atoms with Crippen LogP contribution in [0.25, 0.3) is 0 Å². The highest BCUT2D eigenvalue weighted by Crippen LogP contribution is 2.31. The van der Waals surface area contributed by atoms with Crippen molar-refractivity contribution in [2.75, 3.05) is 13.1 Å². The Morgan fingerprint density at radius 3 is 2.38 bits per heavy atom. The van der Waals surface area contributed by atoms with Crippen LogP contribution in [0.4, 0.5) is 0 Å². The van der Waals surface area contributed by atoms with E-state index in [2.05, 4.69) is 18.7 Å². The molecule has 0 aromatic heterocycles. The van der Waals surface area contributed by atoms with Crippen molar-refractivity contribution in [2.45, 2.75) is 64.5 Å². The molecule has 1 aliphatic carbocycles. The lowest BCUT2D eigenvalue weighted by atomic mass is 9.82. The smallest absolute Gasteiger partial charge is 0.0194 e. The molecule has 0 amide bonds. The molecule has 2 rings (SSSR count). The van der Waals surface area contributed by atoms with Crippen LogP contribution in [0.1, 0.15) is 52.4 Å². The van der Waals surface area contributed by atoms with E-state index in [1.807, 2.05) is 0 Å². The maximum atomic E-state index is 6.19. The van der Waals surface area contributed by atoms with Crippen LogP contribution in [0.3, 0.4) is 0 Å². The second-order valence-corrected chi connectivity index (χ2v) is 6.01. The SMILES string of the molecule is CCC1CCC(N2CCC(C)C(N)C2)CC1. The minimum absolute atomic E-state index is 0.414. The van der Waals surface area contributed by atoms with Gasteiger partial charge in [0.25, 0.3) is 0 Å². The summed E-state index contributed by atoms with van der Waals surface area (Å²) >= 11 is 0. The lowest BCUT2D eigenvalue weighted by Crippen LogP contribution is -2.51. The molecule has 2 unspecified atom stereocenters. The summed E-state index contributed by atoms with van der Waals surface area (Å²) in [5, 5.41) is 0. The molecular weight excluding hydrogens is 196 g/mol. The third-order valence-corrected chi connectivity index (χ3v) is 4.96. The van der Waals surface area contributed by atoms with E-state index in [1.165, 1.54) is 45.1 Å². The van der Waals surface area contributed by atoms with Gasteiger partial charge in [-0.15, -0.1) is 0 Å². The topological polar surface area (TPSA) is 29.3 Å². The van der Waals surface area contributed by atoms with Crippen molar-refractivity contribution in [1.29, 1.82) is 0 Å². The Kier molecular flexibility index (Phi) is 4.26. The van der Waals surface area contributed by atoms with Crippen LogP contribution >= 0.6 is 0 Å². The molecule has 1 heterocycles. The molecule has 0 spiro atoms. The van der Waals surface area contributed by atoms with Crippen LogP contribution in [0.5, 0.6) is 0 Å². The first-order valence-corrected chi connectivity index (χ1v) is 7.20. The quantitative estimate of drug-likeness (QED) is 0.781. The number of rotatable bonds is 2. The van der Waals surface area contributed by atoms with Crippen LogP contribution in [0, 0.1) is 11.8 Å². The first kappa shape index (κ1) is 12.4. The Morgan fingerprint density at radius 2 is 1.81 bits per heavy atom. The molecule has 2 fully saturated rings. The monoisotopic (exact) mass is 224 g/mol. The molecule has 16 heavy (non-hydrogen) atoms. The highest BCUT2D eigenvalue weighted by Gasteiger charge is 2.30. The molecule has 2 aliphatic rings. The number of hydrogen-bond donors (Lipinski definition) is 1. The molecule has 2 nitrogen and oxygen atoms in total. The number of nitrogens with two attached hydrogens (primary N) is 1. The predicted octanol–water partition coefficient (Wildman–Crippen LogP) is 2.62. The van der Waals surface area contributed by atoms with Crippen molar-refractivity contribution < 1.29 is 0 Å². The molecule has 0 bridgehead atoms. The zero-order valence-electron chi connectivity index (χ0n) is 11.0. The molecule has 94 valence electrons. The Morgan fingerprint density at radius 1 is 1.12 bits per heavy atom. The number of hydrogen-bond acceptors (Lipinski definition) is 2. The number of nitrogens with zero attached hydrogens (tertiary/aromatic N) is 1. The van der Waals surface area contributed by atoms with Gasteiger partial charge in [-0.25, -0.2) is 0 Å². The van der Waals surface area contributed by atoms with Crippen LogP contribution in [0.15, 0.2) is 0 Å². The van der Waals surface area contributed by atoms with E-state index in [4.69, 9.17) is 5.73 Å². The standard InChI is InChI=1S/C14H28N2/c1-3-12-4-6-13(7-5-12)16-9-8-11(2)14(15)10-16/h11-14H,3-10,15H2,1-2H3. The van der Waals surface area contributed by atoms with Gasteiger partial charge in [-0.3, -0.25) is 4.90 Å². The second-order valence-electron chi connectivity index (χ2n) is 6.01. The van der Waals surface area contributed by atoms with E-state index in [0.717, 1.165) is 24.4 Å². The van der Waals surface area contributed by atoms with Gasteiger partial charge in [0.1, 0.15) is 0 Å². The zero-order chi connectivity index (χ0) is 11.5. The van der Waals surface area contributed by atoms with Crippen LogP contribution in [-0.2, 0) is 0 Å². The third-order valence-electron chi connectivity index (χ3n) is 4.96. The average Bonchev–Trinajstić information content (AvgIpc) is 2.33. The van der Waals surface area contributed by atoms with Crippen molar-refractivity contribution in [3.8, 4) is 0 Å². The van der Waals surface area contributed by atoms with Crippen molar-refractivity contribution >= 4 is 0 Å². The Bertz CT molecular complexity index is 209. The van der Waals surface area contributed by atoms with E-state index >= 15 is 0 Å². The molecule has 1 aliphatic heterocycles. The fourth-order valence-corrected chi connectivity index (χ4v) is 3.38. The summed E-state index contributed by atoms with van der Waals surface area (Å²) in [6.45, 7) is 7.07.